The summed E-state index contributed by atoms with van der Waals surface area (Å²) in [4.78, 5) is 44.7. The molecule has 4 rings (SSSR count). The van der Waals surface area contributed by atoms with Gasteiger partial charge in [0.2, 0.25) is 0 Å². The molecule has 35 heavy (non-hydrogen) atoms. The van der Waals surface area contributed by atoms with Gasteiger partial charge in [0.05, 0.1) is 20.8 Å². The molecule has 11 nitrogen and oxygen atoms in total. The van der Waals surface area contributed by atoms with Gasteiger partial charge in [-0.3, -0.25) is 19.7 Å². The second kappa shape index (κ2) is 10.5. The number of hydrogen-bond acceptors (Lipinski definition) is 8. The quantitative estimate of drug-likeness (QED) is 0.185. The van der Waals surface area contributed by atoms with Crippen LogP contribution in [0.5, 0.6) is 0 Å². The van der Waals surface area contributed by atoms with E-state index in [1.807, 2.05) is 0 Å². The Labute approximate surface area is 209 Å². The molecule has 0 bridgehead atoms. The highest BCUT2D eigenvalue weighted by Gasteiger charge is 2.34. The molecule has 1 aliphatic rings. The zero-order valence-electron chi connectivity index (χ0n) is 18.4. The molecule has 2 heterocycles. The Morgan fingerprint density at radius 2 is 1.94 bits per heavy atom. The molecule has 1 amide bonds. The van der Waals surface area contributed by atoms with Gasteiger partial charge in [-0.05, 0) is 49.6 Å². The van der Waals surface area contributed by atoms with Gasteiger partial charge in [-0.25, -0.2) is 10.9 Å². The molecule has 1 aliphatic heterocycles. The molecule has 3 aromatic rings. The number of amides is 1. The number of pyridine rings is 1. The number of hydrogen-bond donors (Lipinski definition) is 4. The molecule has 0 atom stereocenters. The van der Waals surface area contributed by atoms with Crippen LogP contribution in [0.25, 0.3) is 10.9 Å². The molecule has 0 fully saturated rings. The third kappa shape index (κ3) is 5.17. The number of fused-ring (bicyclic) bond motifs is 2. The lowest BCUT2D eigenvalue weighted by Gasteiger charge is -2.16. The van der Waals surface area contributed by atoms with Gasteiger partial charge in [0, 0.05) is 17.2 Å². The van der Waals surface area contributed by atoms with Crippen LogP contribution in [0.15, 0.2) is 35.1 Å². The Kier molecular flexibility index (Phi) is 7.41. The number of nitrogens with two attached hydrogens (primary N) is 1. The van der Waals surface area contributed by atoms with Gasteiger partial charge < -0.3 is 10.7 Å². The Hall–Kier alpha value is -3.38. The fraction of sp³-hybridized carbons (Fsp3) is 0.273. The van der Waals surface area contributed by atoms with Crippen molar-refractivity contribution in [3.8, 4) is 0 Å². The van der Waals surface area contributed by atoms with Crippen LogP contribution in [-0.2, 0) is 11.4 Å². The molecule has 0 radical (unpaired) electrons. The Morgan fingerprint density at radius 1 is 1.17 bits per heavy atom. The van der Waals surface area contributed by atoms with E-state index in [9.17, 15) is 19.7 Å². The number of carbonyl (C=O) groups excluding carboxylic acids is 1. The van der Waals surface area contributed by atoms with Gasteiger partial charge in [-0.2, -0.15) is 0 Å². The van der Waals surface area contributed by atoms with Crippen LogP contribution in [0.2, 0.25) is 10.0 Å². The minimum atomic E-state index is -0.767. The van der Waals surface area contributed by atoms with Crippen molar-refractivity contribution in [1.82, 2.24) is 10.4 Å². The first-order chi connectivity index (χ1) is 16.8. The summed E-state index contributed by atoms with van der Waals surface area (Å²) in [5.41, 5.74) is 11.3. The average Bonchev–Trinajstić information content (AvgIpc) is 3.21. The standard InChI is InChI=1S/C22H22Cl2N6O5/c23-13-9-14(24)19-15(10-13)26-16(11-18(19)31)22(32)27-29-21-17(30(33)34)7-6-12(20(21)28-35-29)5-3-1-2-4-8-25/h6-7,9-11,28H,1-5,8,25H2,(H,26,31)(H,27,32). The number of rotatable bonds is 9. The van der Waals surface area contributed by atoms with Crippen molar-refractivity contribution >= 4 is 57.1 Å². The van der Waals surface area contributed by atoms with Gasteiger partial charge in [-0.1, -0.05) is 36.0 Å². The Morgan fingerprint density at radius 3 is 2.69 bits per heavy atom. The van der Waals surface area contributed by atoms with Crippen molar-refractivity contribution in [2.75, 3.05) is 17.2 Å². The van der Waals surface area contributed by atoms with Gasteiger partial charge in [0.25, 0.3) is 11.6 Å². The largest absolute Gasteiger partial charge is 0.350 e. The van der Waals surface area contributed by atoms with Crippen molar-refractivity contribution in [2.24, 2.45) is 5.73 Å². The predicted octanol–water partition coefficient (Wildman–Crippen LogP) is 4.23. The van der Waals surface area contributed by atoms with E-state index < -0.39 is 16.3 Å². The van der Waals surface area contributed by atoms with Gasteiger partial charge >= 0.3 is 0 Å². The lowest BCUT2D eigenvalue weighted by atomic mass is 10.0. The van der Waals surface area contributed by atoms with E-state index in [2.05, 4.69) is 15.9 Å². The van der Waals surface area contributed by atoms with Crippen LogP contribution >= 0.6 is 23.2 Å². The van der Waals surface area contributed by atoms with E-state index in [1.54, 1.807) is 6.07 Å². The number of unbranched alkanes of at least 4 members (excludes halogenated alkanes) is 3. The summed E-state index contributed by atoms with van der Waals surface area (Å²) in [7, 11) is 0. The fourth-order valence-corrected chi connectivity index (χ4v) is 4.49. The normalized spacial score (nSPS) is 12.5. The molecule has 5 N–H and O–H groups in total. The Bertz CT molecular complexity index is 1360. The molecule has 0 aliphatic carbocycles. The molecule has 0 spiro atoms. The third-order valence-electron chi connectivity index (χ3n) is 5.58. The topological polar surface area (TPSA) is 156 Å². The van der Waals surface area contributed by atoms with Crippen molar-refractivity contribution in [2.45, 2.75) is 32.1 Å². The molecule has 0 unspecified atom stereocenters. The maximum absolute atomic E-state index is 12.9. The Balaban J connectivity index is 1.60. The number of aromatic nitrogens is 1. The first-order valence-corrected chi connectivity index (χ1v) is 11.6. The molecule has 2 aromatic carbocycles. The first kappa shape index (κ1) is 24.7. The number of nitrogens with zero attached hydrogens (tertiary/aromatic N) is 2. The van der Waals surface area contributed by atoms with Crippen molar-refractivity contribution in [3.05, 3.63) is 72.0 Å². The third-order valence-corrected chi connectivity index (χ3v) is 6.09. The van der Waals surface area contributed by atoms with E-state index in [0.717, 1.165) is 42.5 Å². The molecular weight excluding hydrogens is 499 g/mol. The predicted molar refractivity (Wildman–Crippen MR) is 134 cm³/mol. The van der Waals surface area contributed by atoms with E-state index >= 15 is 0 Å². The molecular formula is C22H22Cl2N6O5. The number of halogens is 2. The number of aromatic amines is 1. The second-order valence-electron chi connectivity index (χ2n) is 7.96. The summed E-state index contributed by atoms with van der Waals surface area (Å²) in [6.45, 7) is 0.638. The smallest absolute Gasteiger partial charge is 0.299 e. The maximum Gasteiger partial charge on any atom is 0.299 e. The monoisotopic (exact) mass is 520 g/mol. The lowest BCUT2D eigenvalue weighted by Crippen LogP contribution is -2.41. The number of anilines is 2. The van der Waals surface area contributed by atoms with Crippen LogP contribution in [-0.4, -0.2) is 22.4 Å². The molecule has 13 heteroatoms. The number of H-pyrrole nitrogens is 1. The highest BCUT2D eigenvalue weighted by molar-refractivity contribution is 6.38. The SMILES string of the molecule is NCCCCCCc1ccc([N+](=O)[O-])c2c1NON2NC(=O)c1cc(=O)c2c(Cl)cc(Cl)cc2[nH]1. The summed E-state index contributed by atoms with van der Waals surface area (Å²) in [6, 6.07) is 7.00. The number of nitro groups is 1. The highest BCUT2D eigenvalue weighted by Crippen LogP contribution is 2.42. The maximum atomic E-state index is 12.9. The van der Waals surface area contributed by atoms with E-state index in [-0.39, 0.29) is 38.0 Å². The fourth-order valence-electron chi connectivity index (χ4n) is 3.91. The van der Waals surface area contributed by atoms with Crippen molar-refractivity contribution in [3.63, 3.8) is 0 Å². The number of hydrazine groups is 1. The van der Waals surface area contributed by atoms with Gasteiger partial charge in [0.1, 0.15) is 11.4 Å². The summed E-state index contributed by atoms with van der Waals surface area (Å²) in [6.07, 6.45) is 4.42. The summed E-state index contributed by atoms with van der Waals surface area (Å²) in [5, 5.41) is 13.1. The van der Waals surface area contributed by atoms with Crippen molar-refractivity contribution < 1.29 is 14.7 Å². The molecule has 0 saturated heterocycles. The second-order valence-corrected chi connectivity index (χ2v) is 8.81. The average molecular weight is 521 g/mol. The van der Waals surface area contributed by atoms with E-state index in [1.165, 1.54) is 18.2 Å². The first-order valence-electron chi connectivity index (χ1n) is 10.9. The van der Waals surface area contributed by atoms with Crippen LogP contribution in [0, 0.1) is 10.1 Å². The minimum absolute atomic E-state index is 0.0528. The minimum Gasteiger partial charge on any atom is -0.350 e. The molecule has 1 aromatic heterocycles. The number of nitrogens with one attached hydrogen (secondary N) is 3. The number of aryl methyl sites for hydroxylation is 1. The van der Waals surface area contributed by atoms with E-state index in [0.29, 0.717) is 18.7 Å². The highest BCUT2D eigenvalue weighted by atomic mass is 35.5. The van der Waals surface area contributed by atoms with Crippen LogP contribution in [0.1, 0.15) is 41.7 Å². The number of nitro benzene ring substituents is 1. The zero-order chi connectivity index (χ0) is 25.1. The van der Waals surface area contributed by atoms with Gasteiger partial charge in [0.15, 0.2) is 11.1 Å². The zero-order valence-corrected chi connectivity index (χ0v) is 19.9. The molecule has 0 saturated carbocycles. The summed E-state index contributed by atoms with van der Waals surface area (Å²) < 4.78 is 0. The van der Waals surface area contributed by atoms with Crippen LogP contribution < -0.4 is 27.2 Å². The van der Waals surface area contributed by atoms with Gasteiger partial charge in [-0.15, -0.1) is 10.1 Å². The van der Waals surface area contributed by atoms with Crippen LogP contribution in [0.3, 0.4) is 0 Å². The van der Waals surface area contributed by atoms with Crippen molar-refractivity contribution in [1.29, 1.82) is 0 Å². The summed E-state index contributed by atoms with van der Waals surface area (Å²) >= 11 is 12.1. The molecule has 184 valence electrons. The van der Waals surface area contributed by atoms with E-state index in [4.69, 9.17) is 33.9 Å². The number of benzene rings is 2. The lowest BCUT2D eigenvalue weighted by molar-refractivity contribution is -0.384. The summed E-state index contributed by atoms with van der Waals surface area (Å²) in [5.74, 6) is -0.767. The van der Waals surface area contributed by atoms with Crippen LogP contribution in [0.4, 0.5) is 17.1 Å². The number of carbonyl (C=O) groups is 1.